The molecule has 0 fully saturated rings. The van der Waals surface area contributed by atoms with Crippen LogP contribution in [0, 0.1) is 0 Å². The molecular weight excluding hydrogens is 336 g/mol. The summed E-state index contributed by atoms with van der Waals surface area (Å²) in [5, 5.41) is 3.92. The van der Waals surface area contributed by atoms with Gasteiger partial charge in [-0.15, -0.1) is 0 Å². The normalized spacial score (nSPS) is 11.5. The van der Waals surface area contributed by atoms with E-state index in [2.05, 4.69) is 32.3 Å². The van der Waals surface area contributed by atoms with Gasteiger partial charge in [0.05, 0.1) is 5.71 Å². The Labute approximate surface area is 133 Å². The average molecular weight is 352 g/mol. The number of hydrogen-bond donors (Lipinski definition) is 1. The van der Waals surface area contributed by atoms with Gasteiger partial charge in [0.1, 0.15) is 0 Å². The molecule has 0 aromatic heterocycles. The van der Waals surface area contributed by atoms with Crippen LogP contribution < -0.4 is 5.32 Å². The molecule has 2 nitrogen and oxygen atoms in total. The molecule has 2 aromatic carbocycles. The van der Waals surface area contributed by atoms with Crippen molar-refractivity contribution in [1.29, 1.82) is 0 Å². The monoisotopic (exact) mass is 350 g/mol. The van der Waals surface area contributed by atoms with E-state index in [9.17, 15) is 0 Å². The number of nitrogens with zero attached hydrogens (tertiary/aromatic N) is 1. The fourth-order valence-electron chi connectivity index (χ4n) is 2.06. The van der Waals surface area contributed by atoms with Crippen LogP contribution >= 0.6 is 27.5 Å². The lowest BCUT2D eigenvalue weighted by Gasteiger charge is -2.14. The van der Waals surface area contributed by atoms with Crippen LogP contribution in [0.15, 0.2) is 51.9 Å². The molecule has 0 saturated carbocycles. The van der Waals surface area contributed by atoms with Crippen LogP contribution in [0.25, 0.3) is 0 Å². The smallest absolute Gasteiger partial charge is 0.0754 e. The van der Waals surface area contributed by atoms with Gasteiger partial charge in [0, 0.05) is 39.9 Å². The largest absolute Gasteiger partial charge is 0.388 e. The van der Waals surface area contributed by atoms with Gasteiger partial charge in [-0.1, -0.05) is 45.7 Å². The van der Waals surface area contributed by atoms with Crippen molar-refractivity contribution in [3.63, 3.8) is 0 Å². The van der Waals surface area contributed by atoms with Crippen molar-refractivity contribution in [3.8, 4) is 0 Å². The first kappa shape index (κ1) is 15.1. The van der Waals surface area contributed by atoms with Crippen LogP contribution in [-0.4, -0.2) is 19.3 Å². The minimum atomic E-state index is 0.705. The summed E-state index contributed by atoms with van der Waals surface area (Å²) in [6, 6.07) is 13.9. The Kier molecular flexibility index (Phi) is 5.21. The number of halogens is 2. The van der Waals surface area contributed by atoms with Crippen LogP contribution in [0.2, 0.25) is 5.02 Å². The molecule has 1 N–H and O–H groups in total. The number of anilines is 1. The van der Waals surface area contributed by atoms with Crippen molar-refractivity contribution in [2.45, 2.75) is 6.92 Å². The third-order valence-corrected chi connectivity index (χ3v) is 3.77. The van der Waals surface area contributed by atoms with E-state index in [1.54, 1.807) is 0 Å². The summed E-state index contributed by atoms with van der Waals surface area (Å²) in [4.78, 5) is 4.65. The van der Waals surface area contributed by atoms with Crippen LogP contribution in [0.5, 0.6) is 0 Å². The summed E-state index contributed by atoms with van der Waals surface area (Å²) in [5.41, 5.74) is 3.92. The van der Waals surface area contributed by atoms with Gasteiger partial charge in [0.25, 0.3) is 0 Å². The molecule has 0 atom stereocenters. The summed E-state index contributed by atoms with van der Waals surface area (Å²) >= 11 is 9.85. The van der Waals surface area contributed by atoms with Gasteiger partial charge in [0.15, 0.2) is 0 Å². The van der Waals surface area contributed by atoms with Crippen molar-refractivity contribution in [1.82, 2.24) is 0 Å². The highest BCUT2D eigenvalue weighted by Crippen LogP contribution is 2.27. The zero-order chi connectivity index (χ0) is 14.5. The summed E-state index contributed by atoms with van der Waals surface area (Å²) in [7, 11) is 1.91. The van der Waals surface area contributed by atoms with Gasteiger partial charge < -0.3 is 5.32 Å². The molecule has 0 bridgehead atoms. The Morgan fingerprint density at radius 1 is 1.20 bits per heavy atom. The zero-order valence-corrected chi connectivity index (χ0v) is 13.8. The third-order valence-electron chi connectivity index (χ3n) is 2.95. The van der Waals surface area contributed by atoms with Crippen molar-refractivity contribution in [2.24, 2.45) is 4.99 Å². The van der Waals surface area contributed by atoms with Crippen LogP contribution in [0.4, 0.5) is 5.69 Å². The quantitative estimate of drug-likeness (QED) is 0.770. The Balaban J connectivity index is 2.64. The van der Waals surface area contributed by atoms with E-state index in [1.807, 2.05) is 50.4 Å². The number of nitrogens with one attached hydrogen (secondary N) is 1. The van der Waals surface area contributed by atoms with Crippen LogP contribution in [-0.2, 0) is 0 Å². The minimum Gasteiger partial charge on any atom is -0.388 e. The summed E-state index contributed by atoms with van der Waals surface area (Å²) in [6.45, 7) is 2.73. The molecule has 20 heavy (non-hydrogen) atoms. The first-order chi connectivity index (χ1) is 9.67. The van der Waals surface area contributed by atoms with Crippen LogP contribution in [0.3, 0.4) is 0 Å². The maximum atomic E-state index is 6.33. The predicted molar refractivity (Wildman–Crippen MR) is 91.3 cm³/mol. The Morgan fingerprint density at radius 3 is 2.60 bits per heavy atom. The minimum absolute atomic E-state index is 0.705. The SMILES string of the molecule is CCN=C(c1ccccc1Cl)c1cc(Br)ccc1NC. The van der Waals surface area contributed by atoms with E-state index in [1.165, 1.54) is 0 Å². The molecule has 2 rings (SSSR count). The second-order valence-corrected chi connectivity index (χ2v) is 5.57. The Hall–Kier alpha value is -1.32. The topological polar surface area (TPSA) is 24.4 Å². The summed E-state index contributed by atoms with van der Waals surface area (Å²) in [6.07, 6.45) is 0. The molecule has 0 radical (unpaired) electrons. The lowest BCUT2D eigenvalue weighted by Crippen LogP contribution is -2.08. The molecule has 0 aliphatic carbocycles. The van der Waals surface area contributed by atoms with Crippen molar-refractivity contribution < 1.29 is 0 Å². The fourth-order valence-corrected chi connectivity index (χ4v) is 2.64. The fraction of sp³-hybridized carbons (Fsp3) is 0.188. The highest BCUT2D eigenvalue weighted by Gasteiger charge is 2.14. The number of rotatable bonds is 4. The van der Waals surface area contributed by atoms with Gasteiger partial charge in [0.2, 0.25) is 0 Å². The van der Waals surface area contributed by atoms with Crippen molar-refractivity contribution in [2.75, 3.05) is 18.9 Å². The molecular formula is C16H16BrClN2. The second kappa shape index (κ2) is 6.91. The Bertz CT molecular complexity index is 638. The van der Waals surface area contributed by atoms with Crippen molar-refractivity contribution in [3.05, 3.63) is 63.1 Å². The molecule has 0 amide bonds. The summed E-state index contributed by atoms with van der Waals surface area (Å²) in [5.74, 6) is 0. The number of benzene rings is 2. The molecule has 4 heteroatoms. The van der Waals surface area contributed by atoms with E-state index < -0.39 is 0 Å². The lowest BCUT2D eigenvalue weighted by atomic mass is 10.0. The van der Waals surface area contributed by atoms with Crippen LogP contribution in [0.1, 0.15) is 18.1 Å². The molecule has 2 aromatic rings. The highest BCUT2D eigenvalue weighted by atomic mass is 79.9. The van der Waals surface area contributed by atoms with Gasteiger partial charge in [-0.3, -0.25) is 4.99 Å². The van der Waals surface area contributed by atoms with E-state index in [-0.39, 0.29) is 0 Å². The van der Waals surface area contributed by atoms with E-state index in [0.29, 0.717) is 11.6 Å². The van der Waals surface area contributed by atoms with Gasteiger partial charge >= 0.3 is 0 Å². The zero-order valence-electron chi connectivity index (χ0n) is 11.5. The summed E-state index contributed by atoms with van der Waals surface area (Å²) < 4.78 is 1.02. The van der Waals surface area contributed by atoms with E-state index in [4.69, 9.17) is 11.6 Å². The molecule has 0 aliphatic heterocycles. The lowest BCUT2D eigenvalue weighted by molar-refractivity contribution is 1.13. The molecule has 104 valence electrons. The first-order valence-corrected chi connectivity index (χ1v) is 7.61. The van der Waals surface area contributed by atoms with Gasteiger partial charge in [-0.2, -0.15) is 0 Å². The van der Waals surface area contributed by atoms with Gasteiger partial charge in [-0.25, -0.2) is 0 Å². The first-order valence-electron chi connectivity index (χ1n) is 6.44. The number of aliphatic imine (C=N–C) groups is 1. The third kappa shape index (κ3) is 3.22. The Morgan fingerprint density at radius 2 is 1.95 bits per heavy atom. The van der Waals surface area contributed by atoms with Crippen molar-refractivity contribution >= 4 is 38.9 Å². The van der Waals surface area contributed by atoms with E-state index in [0.717, 1.165) is 27.0 Å². The molecule has 0 aliphatic rings. The maximum absolute atomic E-state index is 6.33. The average Bonchev–Trinajstić information content (AvgIpc) is 2.46. The van der Waals surface area contributed by atoms with E-state index >= 15 is 0 Å². The second-order valence-electron chi connectivity index (χ2n) is 4.24. The predicted octanol–water partition coefficient (Wildman–Crippen LogP) is 5.00. The standard InChI is InChI=1S/C16H16BrClN2/c1-3-20-16(12-6-4-5-7-14(12)18)13-10-11(17)8-9-15(13)19-2/h4-10,19H,3H2,1-2H3. The number of hydrogen-bond acceptors (Lipinski definition) is 2. The molecule has 0 spiro atoms. The highest BCUT2D eigenvalue weighted by molar-refractivity contribution is 9.10. The van der Waals surface area contributed by atoms with Gasteiger partial charge in [-0.05, 0) is 31.2 Å². The maximum Gasteiger partial charge on any atom is 0.0754 e. The molecule has 0 saturated heterocycles. The molecule has 0 heterocycles. The molecule has 0 unspecified atom stereocenters.